The fourth-order valence-electron chi connectivity index (χ4n) is 1.65. The van der Waals surface area contributed by atoms with Gasteiger partial charge in [-0.3, -0.25) is 0 Å². The highest BCUT2D eigenvalue weighted by Crippen LogP contribution is 2.35. The van der Waals surface area contributed by atoms with E-state index in [4.69, 9.17) is 10.5 Å². The van der Waals surface area contributed by atoms with E-state index in [9.17, 15) is 0 Å². The molecule has 0 radical (unpaired) electrons. The van der Waals surface area contributed by atoms with Crippen LogP contribution in [0.1, 0.15) is 6.92 Å². The van der Waals surface area contributed by atoms with Gasteiger partial charge in [0.15, 0.2) is 0 Å². The molecule has 1 aromatic rings. The van der Waals surface area contributed by atoms with E-state index in [1.54, 1.807) is 0 Å². The highest BCUT2D eigenvalue weighted by Gasteiger charge is 2.34. The first-order valence-corrected chi connectivity index (χ1v) is 5.05. The number of para-hydroxylation sites is 2. The maximum Gasteiger partial charge on any atom is 0.142 e. The van der Waals surface area contributed by atoms with E-state index in [0.717, 1.165) is 18.8 Å². The van der Waals surface area contributed by atoms with Gasteiger partial charge in [-0.2, -0.15) is 0 Å². The Morgan fingerprint density at radius 3 is 2.93 bits per heavy atom. The SMILES string of the molecule is CCOc1ccccc1N1CC1CN. The molecule has 76 valence electrons. The fraction of sp³-hybridized carbons (Fsp3) is 0.455. The molecule has 2 rings (SSSR count). The lowest BCUT2D eigenvalue weighted by Crippen LogP contribution is -2.12. The number of nitrogens with zero attached hydrogens (tertiary/aromatic N) is 1. The van der Waals surface area contributed by atoms with Crippen molar-refractivity contribution in [2.45, 2.75) is 13.0 Å². The van der Waals surface area contributed by atoms with Crippen LogP contribution in [0.2, 0.25) is 0 Å². The lowest BCUT2D eigenvalue weighted by Gasteiger charge is -2.11. The van der Waals surface area contributed by atoms with Crippen molar-refractivity contribution in [2.24, 2.45) is 5.73 Å². The molecule has 0 saturated carbocycles. The second kappa shape index (κ2) is 3.88. The molecule has 1 heterocycles. The minimum absolute atomic E-state index is 0.511. The Hall–Kier alpha value is -1.22. The second-order valence-corrected chi connectivity index (χ2v) is 3.44. The molecule has 14 heavy (non-hydrogen) atoms. The van der Waals surface area contributed by atoms with E-state index in [-0.39, 0.29) is 0 Å². The van der Waals surface area contributed by atoms with Crippen LogP contribution in [-0.4, -0.2) is 25.7 Å². The molecule has 0 bridgehead atoms. The topological polar surface area (TPSA) is 38.3 Å². The van der Waals surface area contributed by atoms with E-state index in [2.05, 4.69) is 11.0 Å². The Balaban J connectivity index is 2.16. The first-order chi connectivity index (χ1) is 6.86. The third-order valence-corrected chi connectivity index (χ3v) is 2.46. The Kier molecular flexibility index (Phi) is 2.59. The highest BCUT2D eigenvalue weighted by atomic mass is 16.5. The number of hydrogen-bond donors (Lipinski definition) is 1. The smallest absolute Gasteiger partial charge is 0.142 e. The van der Waals surface area contributed by atoms with Crippen molar-refractivity contribution in [3.63, 3.8) is 0 Å². The molecule has 1 fully saturated rings. The summed E-state index contributed by atoms with van der Waals surface area (Å²) < 4.78 is 5.55. The second-order valence-electron chi connectivity index (χ2n) is 3.44. The minimum Gasteiger partial charge on any atom is -0.492 e. The summed E-state index contributed by atoms with van der Waals surface area (Å²) in [5, 5.41) is 0. The van der Waals surface area contributed by atoms with Gasteiger partial charge in [0, 0.05) is 13.1 Å². The summed E-state index contributed by atoms with van der Waals surface area (Å²) in [4.78, 5) is 2.27. The summed E-state index contributed by atoms with van der Waals surface area (Å²) in [5.74, 6) is 0.964. The molecule has 1 saturated heterocycles. The normalized spacial score (nSPS) is 19.6. The predicted octanol–water partition coefficient (Wildman–Crippen LogP) is 1.23. The monoisotopic (exact) mass is 192 g/mol. The maximum absolute atomic E-state index is 5.60. The van der Waals surface area contributed by atoms with E-state index >= 15 is 0 Å². The van der Waals surface area contributed by atoms with Crippen molar-refractivity contribution < 1.29 is 4.74 Å². The molecule has 0 aromatic heterocycles. The minimum atomic E-state index is 0.511. The molecule has 3 nitrogen and oxygen atoms in total. The van der Waals surface area contributed by atoms with Gasteiger partial charge < -0.3 is 15.4 Å². The number of ether oxygens (including phenoxy) is 1. The van der Waals surface area contributed by atoms with Crippen LogP contribution in [0.5, 0.6) is 5.75 Å². The van der Waals surface area contributed by atoms with Gasteiger partial charge in [-0.15, -0.1) is 0 Å². The van der Waals surface area contributed by atoms with Crippen molar-refractivity contribution >= 4 is 5.69 Å². The van der Waals surface area contributed by atoms with Crippen molar-refractivity contribution in [3.05, 3.63) is 24.3 Å². The summed E-state index contributed by atoms with van der Waals surface area (Å²) in [6, 6.07) is 8.63. The number of hydrogen-bond acceptors (Lipinski definition) is 3. The van der Waals surface area contributed by atoms with E-state index in [1.165, 1.54) is 5.69 Å². The molecule has 0 spiro atoms. The quantitative estimate of drug-likeness (QED) is 0.729. The molecular weight excluding hydrogens is 176 g/mol. The third-order valence-electron chi connectivity index (χ3n) is 2.46. The third kappa shape index (κ3) is 1.68. The molecule has 1 aliphatic heterocycles. The van der Waals surface area contributed by atoms with Crippen molar-refractivity contribution in [2.75, 3.05) is 24.6 Å². The Morgan fingerprint density at radius 2 is 2.29 bits per heavy atom. The summed E-state index contributed by atoms with van der Waals surface area (Å²) in [6.07, 6.45) is 0. The van der Waals surface area contributed by atoms with Crippen LogP contribution in [0.15, 0.2) is 24.3 Å². The molecule has 1 unspecified atom stereocenters. The Bertz CT molecular complexity index is 314. The zero-order valence-electron chi connectivity index (χ0n) is 8.44. The molecule has 1 aliphatic rings. The molecule has 1 atom stereocenters. The average Bonchev–Trinajstić information content (AvgIpc) is 2.98. The van der Waals surface area contributed by atoms with Gasteiger partial charge in [0.1, 0.15) is 5.75 Å². The lowest BCUT2D eigenvalue weighted by atomic mass is 10.3. The Labute approximate surface area is 84.5 Å². The molecule has 0 aliphatic carbocycles. The van der Waals surface area contributed by atoms with E-state index in [1.807, 2.05) is 25.1 Å². The summed E-state index contributed by atoms with van der Waals surface area (Å²) >= 11 is 0. The van der Waals surface area contributed by atoms with E-state index < -0.39 is 0 Å². The Morgan fingerprint density at radius 1 is 1.50 bits per heavy atom. The van der Waals surface area contributed by atoms with Crippen molar-refractivity contribution in [1.29, 1.82) is 0 Å². The first-order valence-electron chi connectivity index (χ1n) is 5.05. The van der Waals surface area contributed by atoms with Gasteiger partial charge in [-0.25, -0.2) is 0 Å². The zero-order chi connectivity index (χ0) is 9.97. The van der Waals surface area contributed by atoms with Gasteiger partial charge >= 0.3 is 0 Å². The van der Waals surface area contributed by atoms with Gasteiger partial charge in [0.25, 0.3) is 0 Å². The molecular formula is C11H16N2O. The van der Waals surface area contributed by atoms with Gasteiger partial charge in [0.2, 0.25) is 0 Å². The maximum atomic E-state index is 5.60. The average molecular weight is 192 g/mol. The molecule has 1 aromatic carbocycles. The highest BCUT2D eigenvalue weighted by molar-refractivity contribution is 5.63. The van der Waals surface area contributed by atoms with Gasteiger partial charge in [0.05, 0.1) is 18.3 Å². The molecule has 2 N–H and O–H groups in total. The number of anilines is 1. The first kappa shape index (κ1) is 9.34. The molecule has 0 amide bonds. The summed E-state index contributed by atoms with van der Waals surface area (Å²) in [6.45, 7) is 4.48. The van der Waals surface area contributed by atoms with Crippen molar-refractivity contribution in [1.82, 2.24) is 0 Å². The summed E-state index contributed by atoms with van der Waals surface area (Å²) in [7, 11) is 0. The molecule has 3 heteroatoms. The van der Waals surface area contributed by atoms with Crippen LogP contribution in [0.4, 0.5) is 5.69 Å². The number of benzene rings is 1. The van der Waals surface area contributed by atoms with Crippen LogP contribution >= 0.6 is 0 Å². The fourth-order valence-corrected chi connectivity index (χ4v) is 1.65. The van der Waals surface area contributed by atoms with Crippen LogP contribution < -0.4 is 15.4 Å². The summed E-state index contributed by atoms with van der Waals surface area (Å²) in [5.41, 5.74) is 6.77. The number of rotatable bonds is 4. The van der Waals surface area contributed by atoms with Gasteiger partial charge in [-0.1, -0.05) is 12.1 Å². The zero-order valence-corrected chi connectivity index (χ0v) is 8.44. The van der Waals surface area contributed by atoms with E-state index in [0.29, 0.717) is 12.6 Å². The van der Waals surface area contributed by atoms with Crippen molar-refractivity contribution in [3.8, 4) is 5.75 Å². The van der Waals surface area contributed by atoms with Gasteiger partial charge in [-0.05, 0) is 19.1 Å². The largest absolute Gasteiger partial charge is 0.492 e. The van der Waals surface area contributed by atoms with Crippen LogP contribution in [0, 0.1) is 0 Å². The van der Waals surface area contributed by atoms with Crippen LogP contribution in [0.3, 0.4) is 0 Å². The standard InChI is InChI=1S/C11H16N2O/c1-2-14-11-6-4-3-5-10(11)13-8-9(13)7-12/h3-6,9H,2,7-8,12H2,1H3. The lowest BCUT2D eigenvalue weighted by molar-refractivity contribution is 0.341. The van der Waals surface area contributed by atoms with Crippen LogP contribution in [0.25, 0.3) is 0 Å². The van der Waals surface area contributed by atoms with Crippen LogP contribution in [-0.2, 0) is 0 Å². The number of nitrogens with two attached hydrogens (primary N) is 1. The predicted molar refractivity (Wildman–Crippen MR) is 57.8 cm³/mol.